The van der Waals surface area contributed by atoms with Crippen molar-refractivity contribution in [1.82, 2.24) is 9.38 Å². The number of nitrogens with zero attached hydrogens (tertiary/aromatic N) is 2. The molecule has 0 fully saturated rings. The summed E-state index contributed by atoms with van der Waals surface area (Å²) in [5, 5.41) is 1.93. The lowest BCUT2D eigenvalue weighted by molar-refractivity contribution is -0.137. The normalized spacial score (nSPS) is 12.1. The van der Waals surface area contributed by atoms with Crippen LogP contribution >= 0.6 is 11.3 Å². The van der Waals surface area contributed by atoms with Gasteiger partial charge in [-0.2, -0.15) is 13.2 Å². The largest absolute Gasteiger partial charge is 0.416 e. The highest BCUT2D eigenvalue weighted by Crippen LogP contribution is 2.31. The monoisotopic (exact) mass is 398 g/mol. The minimum atomic E-state index is -4.43. The van der Waals surface area contributed by atoms with Gasteiger partial charge in [0, 0.05) is 11.1 Å². The number of aromatic nitrogens is 2. The zero-order valence-electron chi connectivity index (χ0n) is 14.4. The van der Waals surface area contributed by atoms with Crippen molar-refractivity contribution in [2.45, 2.75) is 6.18 Å². The lowest BCUT2D eigenvalue weighted by Crippen LogP contribution is -2.18. The second kappa shape index (κ2) is 7.09. The molecule has 3 aromatic heterocycles. The summed E-state index contributed by atoms with van der Waals surface area (Å²) in [5.41, 5.74) is 0.412. The van der Waals surface area contributed by atoms with E-state index in [9.17, 15) is 18.0 Å². The van der Waals surface area contributed by atoms with Crippen LogP contribution in [-0.2, 0) is 6.18 Å². The molecule has 0 N–H and O–H groups in total. The minimum Gasteiger partial charge on any atom is -0.268 e. The smallest absolute Gasteiger partial charge is 0.268 e. The Labute approximate surface area is 162 Å². The Balaban J connectivity index is 1.91. The van der Waals surface area contributed by atoms with Crippen molar-refractivity contribution in [2.24, 2.45) is 0 Å². The lowest BCUT2D eigenvalue weighted by Gasteiger charge is -2.10. The van der Waals surface area contributed by atoms with Gasteiger partial charge in [-0.25, -0.2) is 4.98 Å². The van der Waals surface area contributed by atoms with Gasteiger partial charge in [0.15, 0.2) is 0 Å². The zero-order chi connectivity index (χ0) is 19.7. The number of hydrogen-bond donors (Lipinski definition) is 0. The predicted molar refractivity (Wildman–Crippen MR) is 105 cm³/mol. The molecule has 0 radical (unpaired) electrons. The molecule has 3 nitrogen and oxygen atoms in total. The number of pyridine rings is 1. The summed E-state index contributed by atoms with van der Waals surface area (Å²) in [6.45, 7) is 0. The number of hydrogen-bond acceptors (Lipinski definition) is 3. The molecule has 0 aliphatic heterocycles. The quantitative estimate of drug-likeness (QED) is 0.449. The van der Waals surface area contributed by atoms with Crippen molar-refractivity contribution >= 4 is 29.1 Å². The van der Waals surface area contributed by atoms with Gasteiger partial charge in [-0.05, 0) is 53.4 Å². The first-order chi connectivity index (χ1) is 13.4. The van der Waals surface area contributed by atoms with Crippen LogP contribution in [0.15, 0.2) is 71.0 Å². The van der Waals surface area contributed by atoms with Gasteiger partial charge in [-0.1, -0.05) is 24.3 Å². The molecule has 0 aliphatic rings. The van der Waals surface area contributed by atoms with Crippen LogP contribution < -0.4 is 5.56 Å². The van der Waals surface area contributed by atoms with Gasteiger partial charge in [0.25, 0.3) is 5.56 Å². The maximum atomic E-state index is 13.1. The molecule has 0 unspecified atom stereocenters. The first kappa shape index (κ1) is 18.2. The highest BCUT2D eigenvalue weighted by Gasteiger charge is 2.30. The maximum absolute atomic E-state index is 13.1. The van der Waals surface area contributed by atoms with E-state index in [-0.39, 0.29) is 11.1 Å². The molecule has 0 aliphatic carbocycles. The van der Waals surface area contributed by atoms with E-state index in [0.717, 1.165) is 17.0 Å². The molecule has 0 bridgehead atoms. The zero-order valence-corrected chi connectivity index (χ0v) is 15.2. The molecule has 0 spiro atoms. The first-order valence-corrected chi connectivity index (χ1v) is 9.22. The fourth-order valence-electron chi connectivity index (χ4n) is 2.87. The van der Waals surface area contributed by atoms with E-state index in [1.54, 1.807) is 30.5 Å². The Morgan fingerprint density at radius 3 is 2.43 bits per heavy atom. The van der Waals surface area contributed by atoms with E-state index < -0.39 is 11.7 Å². The van der Waals surface area contributed by atoms with Gasteiger partial charge in [0.1, 0.15) is 5.65 Å². The average molecular weight is 398 g/mol. The summed E-state index contributed by atoms with van der Waals surface area (Å²) in [5.74, 6) is 0. The second-order valence-corrected chi connectivity index (χ2v) is 7.01. The molecule has 0 saturated heterocycles. The Morgan fingerprint density at radius 1 is 0.964 bits per heavy atom. The van der Waals surface area contributed by atoms with E-state index in [2.05, 4.69) is 4.98 Å². The number of benzene rings is 1. The van der Waals surface area contributed by atoms with E-state index in [1.807, 2.05) is 23.6 Å². The molecule has 4 aromatic rings. The molecular formula is C21H13F3N2OS. The molecule has 0 atom stereocenters. The van der Waals surface area contributed by atoms with Crippen LogP contribution in [0.1, 0.15) is 16.1 Å². The van der Waals surface area contributed by atoms with E-state index in [1.165, 1.54) is 27.9 Å². The van der Waals surface area contributed by atoms with E-state index in [0.29, 0.717) is 16.9 Å². The summed E-state index contributed by atoms with van der Waals surface area (Å²) >= 11 is 1.53. The summed E-state index contributed by atoms with van der Waals surface area (Å²) in [7, 11) is 0. The van der Waals surface area contributed by atoms with Crippen molar-refractivity contribution in [2.75, 3.05) is 0 Å². The molecule has 28 heavy (non-hydrogen) atoms. The van der Waals surface area contributed by atoms with Gasteiger partial charge in [-0.15, -0.1) is 11.3 Å². The van der Waals surface area contributed by atoms with Crippen molar-refractivity contribution in [3.8, 4) is 11.1 Å². The molecule has 4 rings (SSSR count). The SMILES string of the molecule is O=c1c(-c2ccc(C(F)(F)F)cc2)c(/C=C/c2cccs2)nc2ccccn12. The fraction of sp³-hybridized carbons (Fsp3) is 0.0476. The molecular weight excluding hydrogens is 385 g/mol. The number of fused-ring (bicyclic) bond motifs is 1. The van der Waals surface area contributed by atoms with Crippen LogP contribution in [0.25, 0.3) is 28.9 Å². The third-order valence-electron chi connectivity index (χ3n) is 4.21. The minimum absolute atomic E-state index is 0.255. The van der Waals surface area contributed by atoms with Crippen LogP contribution in [0.5, 0.6) is 0 Å². The molecule has 0 amide bonds. The standard InChI is InChI=1S/C21H13F3N2OS/c22-21(23,24)15-8-6-14(7-9-15)19-17(11-10-16-4-3-13-28-16)25-18-5-1-2-12-26(18)20(19)27/h1-13H/b11-10+. The molecule has 140 valence electrons. The molecule has 7 heteroatoms. The number of thiophene rings is 1. The van der Waals surface area contributed by atoms with Gasteiger partial charge in [0.05, 0.1) is 16.8 Å². The Bertz CT molecular complexity index is 1210. The lowest BCUT2D eigenvalue weighted by atomic mass is 10.0. The third-order valence-corrected chi connectivity index (χ3v) is 5.05. The predicted octanol–water partition coefficient (Wildman–Crippen LogP) is 5.61. The van der Waals surface area contributed by atoms with Gasteiger partial charge >= 0.3 is 6.18 Å². The van der Waals surface area contributed by atoms with Crippen LogP contribution in [0.4, 0.5) is 13.2 Å². The number of halogens is 3. The maximum Gasteiger partial charge on any atom is 0.416 e. The van der Waals surface area contributed by atoms with Crippen molar-refractivity contribution in [3.63, 3.8) is 0 Å². The summed E-state index contributed by atoms with van der Waals surface area (Å²) < 4.78 is 40.0. The second-order valence-electron chi connectivity index (χ2n) is 6.03. The summed E-state index contributed by atoms with van der Waals surface area (Å²) in [6.07, 6.45) is 0.703. The van der Waals surface area contributed by atoms with Crippen molar-refractivity contribution in [1.29, 1.82) is 0 Å². The molecule has 0 saturated carbocycles. The highest BCUT2D eigenvalue weighted by atomic mass is 32.1. The number of rotatable bonds is 3. The fourth-order valence-corrected chi connectivity index (χ4v) is 3.49. The van der Waals surface area contributed by atoms with Crippen molar-refractivity contribution < 1.29 is 13.2 Å². The van der Waals surface area contributed by atoms with E-state index in [4.69, 9.17) is 0 Å². The Morgan fingerprint density at radius 2 is 1.75 bits per heavy atom. The van der Waals surface area contributed by atoms with Crippen LogP contribution in [-0.4, -0.2) is 9.38 Å². The van der Waals surface area contributed by atoms with Crippen molar-refractivity contribution in [3.05, 3.63) is 92.7 Å². The van der Waals surface area contributed by atoms with E-state index >= 15 is 0 Å². The first-order valence-electron chi connectivity index (χ1n) is 8.34. The van der Waals surface area contributed by atoms with Crippen LogP contribution in [0.3, 0.4) is 0 Å². The summed E-state index contributed by atoms with van der Waals surface area (Å²) in [6, 6.07) is 13.6. The number of alkyl halides is 3. The topological polar surface area (TPSA) is 34.4 Å². The third kappa shape index (κ3) is 3.48. The average Bonchev–Trinajstić information content (AvgIpc) is 3.20. The van der Waals surface area contributed by atoms with Gasteiger partial charge in [0.2, 0.25) is 0 Å². The molecule has 3 heterocycles. The Kier molecular flexibility index (Phi) is 4.60. The van der Waals surface area contributed by atoms with Crippen LogP contribution in [0.2, 0.25) is 0 Å². The van der Waals surface area contributed by atoms with Crippen LogP contribution in [0, 0.1) is 0 Å². The Hall–Kier alpha value is -3.19. The highest BCUT2D eigenvalue weighted by molar-refractivity contribution is 7.10. The van der Waals surface area contributed by atoms with Gasteiger partial charge in [-0.3, -0.25) is 9.20 Å². The molecule has 1 aromatic carbocycles. The van der Waals surface area contributed by atoms with Gasteiger partial charge < -0.3 is 0 Å². The summed E-state index contributed by atoms with van der Waals surface area (Å²) in [4.78, 5) is 18.6.